The normalized spacial score (nSPS) is 14.6. The number of para-hydroxylation sites is 1. The van der Waals surface area contributed by atoms with E-state index in [0.29, 0.717) is 29.5 Å². The number of fused-ring (bicyclic) bond motifs is 1. The molecule has 0 spiro atoms. The van der Waals surface area contributed by atoms with E-state index in [-0.39, 0.29) is 5.91 Å². The summed E-state index contributed by atoms with van der Waals surface area (Å²) in [5.41, 5.74) is 2.02. The third kappa shape index (κ3) is 2.40. The molecule has 2 aromatic rings. The SMILES string of the molecule is O=C(c1cccc2nccnc12)N(CCCl)C1CC1. The summed E-state index contributed by atoms with van der Waals surface area (Å²) in [5.74, 6) is 0.466. The van der Waals surface area contributed by atoms with E-state index >= 15 is 0 Å². The summed E-state index contributed by atoms with van der Waals surface area (Å²) in [4.78, 5) is 23.0. The summed E-state index contributed by atoms with van der Waals surface area (Å²) in [5, 5.41) is 0. The fourth-order valence-corrected chi connectivity index (χ4v) is 2.43. The minimum absolute atomic E-state index is 0.00856. The lowest BCUT2D eigenvalue weighted by Crippen LogP contribution is -2.35. The molecule has 1 aliphatic rings. The van der Waals surface area contributed by atoms with Crippen LogP contribution >= 0.6 is 11.6 Å². The highest BCUT2D eigenvalue weighted by molar-refractivity contribution is 6.18. The largest absolute Gasteiger partial charge is 0.334 e. The Labute approximate surface area is 116 Å². The number of carbonyl (C=O) groups excluding carboxylic acids is 1. The van der Waals surface area contributed by atoms with Crippen LogP contribution in [0.4, 0.5) is 0 Å². The van der Waals surface area contributed by atoms with E-state index in [1.165, 1.54) is 0 Å². The first kappa shape index (κ1) is 12.4. The average molecular weight is 276 g/mol. The van der Waals surface area contributed by atoms with Gasteiger partial charge in [-0.05, 0) is 25.0 Å². The molecule has 0 saturated heterocycles. The Bertz CT molecular complexity index is 607. The van der Waals surface area contributed by atoms with E-state index in [4.69, 9.17) is 11.6 Å². The Kier molecular flexibility index (Phi) is 3.34. The van der Waals surface area contributed by atoms with Crippen LogP contribution < -0.4 is 0 Å². The van der Waals surface area contributed by atoms with Crippen molar-refractivity contribution in [3.63, 3.8) is 0 Å². The van der Waals surface area contributed by atoms with Crippen molar-refractivity contribution in [2.24, 2.45) is 0 Å². The molecule has 1 aromatic heterocycles. The molecule has 0 atom stereocenters. The molecule has 1 saturated carbocycles. The minimum Gasteiger partial charge on any atom is -0.334 e. The van der Waals surface area contributed by atoms with Gasteiger partial charge >= 0.3 is 0 Å². The highest BCUT2D eigenvalue weighted by Gasteiger charge is 2.33. The molecule has 0 aliphatic heterocycles. The molecule has 4 nitrogen and oxygen atoms in total. The van der Waals surface area contributed by atoms with Crippen LogP contribution in [0.2, 0.25) is 0 Å². The number of nitrogens with zero attached hydrogens (tertiary/aromatic N) is 3. The lowest BCUT2D eigenvalue weighted by molar-refractivity contribution is 0.0755. The zero-order valence-electron chi connectivity index (χ0n) is 10.4. The second-order valence-electron chi connectivity index (χ2n) is 4.65. The third-order valence-corrected chi connectivity index (χ3v) is 3.47. The van der Waals surface area contributed by atoms with Gasteiger partial charge in [-0.3, -0.25) is 14.8 Å². The molecule has 0 unspecified atom stereocenters. The second-order valence-corrected chi connectivity index (χ2v) is 5.03. The van der Waals surface area contributed by atoms with E-state index < -0.39 is 0 Å². The van der Waals surface area contributed by atoms with Crippen molar-refractivity contribution in [2.45, 2.75) is 18.9 Å². The molecule has 19 heavy (non-hydrogen) atoms. The lowest BCUT2D eigenvalue weighted by atomic mass is 10.1. The number of benzene rings is 1. The second kappa shape index (κ2) is 5.13. The first-order valence-corrected chi connectivity index (χ1v) is 6.91. The number of carbonyl (C=O) groups is 1. The molecular weight excluding hydrogens is 262 g/mol. The van der Waals surface area contributed by atoms with Crippen LogP contribution in [-0.4, -0.2) is 39.2 Å². The van der Waals surface area contributed by atoms with Crippen molar-refractivity contribution in [2.75, 3.05) is 12.4 Å². The topological polar surface area (TPSA) is 46.1 Å². The maximum atomic E-state index is 12.6. The standard InChI is InChI=1S/C14H14ClN3O/c15-6-9-18(10-4-5-10)14(19)11-2-1-3-12-13(11)17-8-7-16-12/h1-3,7-8,10H,4-6,9H2. The Hall–Kier alpha value is -1.68. The van der Waals surface area contributed by atoms with Crippen LogP contribution in [0.5, 0.6) is 0 Å². The minimum atomic E-state index is 0.00856. The molecule has 1 aliphatic carbocycles. The Morgan fingerprint density at radius 2 is 2.11 bits per heavy atom. The summed E-state index contributed by atoms with van der Waals surface area (Å²) in [6, 6.07) is 5.86. The number of hydrogen-bond donors (Lipinski definition) is 0. The zero-order valence-corrected chi connectivity index (χ0v) is 11.2. The predicted octanol–water partition coefficient (Wildman–Crippen LogP) is 2.47. The van der Waals surface area contributed by atoms with Crippen LogP contribution in [0.3, 0.4) is 0 Å². The molecule has 0 N–H and O–H groups in total. The maximum Gasteiger partial charge on any atom is 0.256 e. The smallest absolute Gasteiger partial charge is 0.256 e. The molecule has 1 heterocycles. The first-order valence-electron chi connectivity index (χ1n) is 6.38. The van der Waals surface area contributed by atoms with Crippen molar-refractivity contribution in [1.82, 2.24) is 14.9 Å². The molecular formula is C14H14ClN3O. The van der Waals surface area contributed by atoms with Crippen LogP contribution in [0, 0.1) is 0 Å². The maximum absolute atomic E-state index is 12.6. The summed E-state index contributed by atoms with van der Waals surface area (Å²) < 4.78 is 0. The van der Waals surface area contributed by atoms with Gasteiger partial charge in [-0.15, -0.1) is 11.6 Å². The Morgan fingerprint density at radius 3 is 2.84 bits per heavy atom. The monoisotopic (exact) mass is 275 g/mol. The van der Waals surface area contributed by atoms with E-state index in [2.05, 4.69) is 9.97 Å². The van der Waals surface area contributed by atoms with Crippen molar-refractivity contribution >= 4 is 28.5 Å². The van der Waals surface area contributed by atoms with E-state index in [0.717, 1.165) is 18.4 Å². The first-order chi connectivity index (χ1) is 9.31. The highest BCUT2D eigenvalue weighted by atomic mass is 35.5. The quantitative estimate of drug-likeness (QED) is 0.806. The Morgan fingerprint density at radius 1 is 1.32 bits per heavy atom. The molecule has 5 heteroatoms. The van der Waals surface area contributed by atoms with Gasteiger partial charge in [-0.25, -0.2) is 0 Å². The summed E-state index contributed by atoms with van der Waals surface area (Å²) in [6.45, 7) is 0.585. The van der Waals surface area contributed by atoms with Crippen molar-refractivity contribution in [3.8, 4) is 0 Å². The highest BCUT2D eigenvalue weighted by Crippen LogP contribution is 2.29. The fourth-order valence-electron chi connectivity index (χ4n) is 2.25. The molecule has 0 bridgehead atoms. The molecule has 0 radical (unpaired) electrons. The van der Waals surface area contributed by atoms with Gasteiger partial charge in [-0.1, -0.05) is 6.07 Å². The van der Waals surface area contributed by atoms with Gasteiger partial charge in [0.05, 0.1) is 11.1 Å². The zero-order chi connectivity index (χ0) is 13.2. The molecule has 1 aromatic carbocycles. The van der Waals surface area contributed by atoms with Gasteiger partial charge in [0.2, 0.25) is 0 Å². The van der Waals surface area contributed by atoms with Gasteiger partial charge in [0.1, 0.15) is 5.52 Å². The van der Waals surface area contributed by atoms with Crippen molar-refractivity contribution < 1.29 is 4.79 Å². The van der Waals surface area contributed by atoms with Gasteiger partial charge < -0.3 is 4.90 Å². The van der Waals surface area contributed by atoms with Crippen LogP contribution in [0.1, 0.15) is 23.2 Å². The summed E-state index contributed by atoms with van der Waals surface area (Å²) >= 11 is 5.80. The van der Waals surface area contributed by atoms with Crippen LogP contribution in [0.25, 0.3) is 11.0 Å². The summed E-state index contributed by atoms with van der Waals surface area (Å²) in [6.07, 6.45) is 5.38. The number of halogens is 1. The van der Waals surface area contributed by atoms with Crippen molar-refractivity contribution in [1.29, 1.82) is 0 Å². The van der Waals surface area contributed by atoms with Gasteiger partial charge in [0.15, 0.2) is 0 Å². The number of rotatable bonds is 4. The summed E-state index contributed by atoms with van der Waals surface area (Å²) in [7, 11) is 0. The molecule has 3 rings (SSSR count). The van der Waals surface area contributed by atoms with Gasteiger partial charge in [-0.2, -0.15) is 0 Å². The van der Waals surface area contributed by atoms with Crippen molar-refractivity contribution in [3.05, 3.63) is 36.2 Å². The fraction of sp³-hybridized carbons (Fsp3) is 0.357. The molecule has 1 amide bonds. The number of alkyl halides is 1. The number of hydrogen-bond acceptors (Lipinski definition) is 3. The Balaban J connectivity index is 2.00. The van der Waals surface area contributed by atoms with Crippen LogP contribution in [0.15, 0.2) is 30.6 Å². The average Bonchev–Trinajstić information content (AvgIpc) is 3.28. The van der Waals surface area contributed by atoms with Crippen LogP contribution in [-0.2, 0) is 0 Å². The van der Waals surface area contributed by atoms with Gasteiger partial charge in [0, 0.05) is 30.9 Å². The number of aromatic nitrogens is 2. The number of amides is 1. The third-order valence-electron chi connectivity index (χ3n) is 3.30. The van der Waals surface area contributed by atoms with Gasteiger partial charge in [0.25, 0.3) is 5.91 Å². The molecule has 1 fully saturated rings. The lowest BCUT2D eigenvalue weighted by Gasteiger charge is -2.21. The molecule has 98 valence electrons. The van der Waals surface area contributed by atoms with E-state index in [9.17, 15) is 4.79 Å². The predicted molar refractivity (Wildman–Crippen MR) is 74.3 cm³/mol. The van der Waals surface area contributed by atoms with E-state index in [1.54, 1.807) is 12.4 Å². The van der Waals surface area contributed by atoms with E-state index in [1.807, 2.05) is 23.1 Å².